The Balaban J connectivity index is 2.12. The van der Waals surface area contributed by atoms with E-state index in [9.17, 15) is 31.2 Å². The van der Waals surface area contributed by atoms with Crippen LogP contribution in [0.25, 0.3) is 0 Å². The molecule has 1 atom stereocenters. The fourth-order valence-corrected chi connectivity index (χ4v) is 5.66. The minimum Gasteiger partial charge on any atom is -0.352 e. The van der Waals surface area contributed by atoms with Gasteiger partial charge in [0.1, 0.15) is 12.6 Å². The highest BCUT2D eigenvalue weighted by Gasteiger charge is 2.36. The molecule has 2 amide bonds. The number of rotatable bonds is 11. The lowest BCUT2D eigenvalue weighted by molar-refractivity contribution is -0.140. The van der Waals surface area contributed by atoms with Gasteiger partial charge >= 0.3 is 6.18 Å². The summed E-state index contributed by atoms with van der Waals surface area (Å²) in [6.07, 6.45) is -4.06. The van der Waals surface area contributed by atoms with Crippen molar-refractivity contribution in [2.45, 2.75) is 45.1 Å². The number of halogens is 6. The maximum Gasteiger partial charge on any atom is 0.417 e. The molecule has 0 fully saturated rings. The summed E-state index contributed by atoms with van der Waals surface area (Å²) >= 11 is 18.0. The SMILES string of the molecule is CC(C)NC(=O)[C@H](Cc1ccccc1)N(Cc1ccc(Cl)c(Cl)c1)C(=O)CN(c1ccc(Cl)c(C(F)(F)F)c1)S(C)(=O)=O. The summed E-state index contributed by atoms with van der Waals surface area (Å²) in [4.78, 5) is 28.8. The van der Waals surface area contributed by atoms with E-state index in [-0.39, 0.29) is 29.1 Å². The second-order valence-electron chi connectivity index (χ2n) is 10.1. The molecule has 3 aromatic carbocycles. The van der Waals surface area contributed by atoms with Gasteiger partial charge in [0, 0.05) is 19.0 Å². The maximum absolute atomic E-state index is 14.0. The Morgan fingerprint density at radius 1 is 0.884 bits per heavy atom. The Labute approximate surface area is 263 Å². The van der Waals surface area contributed by atoms with Crippen molar-refractivity contribution in [2.24, 2.45) is 0 Å². The predicted molar refractivity (Wildman–Crippen MR) is 163 cm³/mol. The number of hydrogen-bond donors (Lipinski definition) is 1. The molecule has 3 rings (SSSR count). The molecule has 0 aromatic heterocycles. The van der Waals surface area contributed by atoms with Crippen molar-refractivity contribution in [3.63, 3.8) is 0 Å². The molecular formula is C29H29Cl3F3N3O4S. The molecule has 0 radical (unpaired) electrons. The number of benzene rings is 3. The van der Waals surface area contributed by atoms with Gasteiger partial charge in [0.25, 0.3) is 0 Å². The number of nitrogens with one attached hydrogen (secondary N) is 1. The second kappa shape index (κ2) is 14.2. The molecule has 0 bridgehead atoms. The third kappa shape index (κ3) is 9.50. The summed E-state index contributed by atoms with van der Waals surface area (Å²) in [7, 11) is -4.29. The van der Waals surface area contributed by atoms with Gasteiger partial charge in [-0.1, -0.05) is 71.2 Å². The highest BCUT2D eigenvalue weighted by Crippen LogP contribution is 2.37. The molecule has 0 spiro atoms. The highest BCUT2D eigenvalue weighted by atomic mass is 35.5. The number of amides is 2. The van der Waals surface area contributed by atoms with Gasteiger partial charge in [-0.15, -0.1) is 0 Å². The van der Waals surface area contributed by atoms with Crippen LogP contribution in [0.2, 0.25) is 15.1 Å². The molecule has 0 unspecified atom stereocenters. The van der Waals surface area contributed by atoms with Crippen molar-refractivity contribution in [1.82, 2.24) is 10.2 Å². The van der Waals surface area contributed by atoms with Crippen LogP contribution in [0.5, 0.6) is 0 Å². The van der Waals surface area contributed by atoms with Gasteiger partial charge in [-0.2, -0.15) is 13.2 Å². The minimum atomic E-state index is -4.88. The fraction of sp³-hybridized carbons (Fsp3) is 0.310. The molecule has 232 valence electrons. The molecule has 14 heteroatoms. The van der Waals surface area contributed by atoms with E-state index in [4.69, 9.17) is 34.8 Å². The summed E-state index contributed by atoms with van der Waals surface area (Å²) in [5.74, 6) is -1.36. The average molecular weight is 679 g/mol. The molecule has 0 aliphatic rings. The summed E-state index contributed by atoms with van der Waals surface area (Å²) in [6.45, 7) is 2.39. The van der Waals surface area contributed by atoms with Gasteiger partial charge in [0.15, 0.2) is 0 Å². The Morgan fingerprint density at radius 3 is 2.07 bits per heavy atom. The molecule has 0 aliphatic carbocycles. The first-order valence-corrected chi connectivity index (χ1v) is 15.9. The number of anilines is 1. The van der Waals surface area contributed by atoms with Crippen molar-refractivity contribution in [3.05, 3.63) is 98.5 Å². The van der Waals surface area contributed by atoms with Crippen molar-refractivity contribution in [2.75, 3.05) is 17.1 Å². The Morgan fingerprint density at radius 2 is 1.51 bits per heavy atom. The summed E-state index contributed by atoms with van der Waals surface area (Å²) in [6, 6.07) is 14.6. The van der Waals surface area contributed by atoms with E-state index in [2.05, 4.69) is 5.32 Å². The number of sulfonamides is 1. The molecule has 3 aromatic rings. The average Bonchev–Trinajstić information content (AvgIpc) is 2.90. The lowest BCUT2D eigenvalue weighted by Gasteiger charge is -2.34. The Bertz CT molecular complexity index is 1570. The normalized spacial score (nSPS) is 12.6. The van der Waals surface area contributed by atoms with Gasteiger partial charge in [-0.05, 0) is 55.3 Å². The van der Waals surface area contributed by atoms with E-state index >= 15 is 0 Å². The van der Waals surface area contributed by atoms with Gasteiger partial charge < -0.3 is 10.2 Å². The van der Waals surface area contributed by atoms with E-state index in [1.54, 1.807) is 50.2 Å². The Kier molecular flexibility index (Phi) is 11.4. The van der Waals surface area contributed by atoms with Crippen LogP contribution >= 0.6 is 34.8 Å². The first-order valence-electron chi connectivity index (χ1n) is 12.9. The maximum atomic E-state index is 14.0. The predicted octanol–water partition coefficient (Wildman–Crippen LogP) is 6.60. The van der Waals surface area contributed by atoms with Gasteiger partial charge in [-0.25, -0.2) is 8.42 Å². The number of carbonyl (C=O) groups is 2. The fourth-order valence-electron chi connectivity index (χ4n) is 4.27. The largest absolute Gasteiger partial charge is 0.417 e. The van der Waals surface area contributed by atoms with Crippen LogP contribution in [-0.2, 0) is 38.8 Å². The van der Waals surface area contributed by atoms with Gasteiger partial charge in [0.05, 0.1) is 32.6 Å². The van der Waals surface area contributed by atoms with E-state index in [0.717, 1.165) is 18.4 Å². The summed E-state index contributed by atoms with van der Waals surface area (Å²) < 4.78 is 67.0. The topological polar surface area (TPSA) is 86.8 Å². The van der Waals surface area contributed by atoms with Crippen molar-refractivity contribution in [1.29, 1.82) is 0 Å². The van der Waals surface area contributed by atoms with Crippen LogP contribution < -0.4 is 9.62 Å². The van der Waals surface area contributed by atoms with Crippen molar-refractivity contribution < 1.29 is 31.2 Å². The van der Waals surface area contributed by atoms with Crippen molar-refractivity contribution >= 4 is 62.3 Å². The van der Waals surface area contributed by atoms with E-state index in [0.29, 0.717) is 21.5 Å². The molecule has 0 heterocycles. The second-order valence-corrected chi connectivity index (χ2v) is 13.2. The quantitative estimate of drug-likeness (QED) is 0.248. The zero-order valence-corrected chi connectivity index (χ0v) is 26.4. The van der Waals surface area contributed by atoms with Gasteiger partial charge in [-0.3, -0.25) is 13.9 Å². The van der Waals surface area contributed by atoms with E-state index in [1.807, 2.05) is 0 Å². The zero-order chi connectivity index (χ0) is 32.1. The molecule has 0 saturated carbocycles. The Hall–Kier alpha value is -2.99. The van der Waals surface area contributed by atoms with Crippen LogP contribution in [-0.4, -0.2) is 50.0 Å². The first-order chi connectivity index (χ1) is 20.0. The lowest BCUT2D eigenvalue weighted by Crippen LogP contribution is -2.54. The molecular weight excluding hydrogens is 650 g/mol. The molecule has 0 aliphatic heterocycles. The van der Waals surface area contributed by atoms with Crippen LogP contribution in [0.3, 0.4) is 0 Å². The van der Waals surface area contributed by atoms with Crippen LogP contribution in [0, 0.1) is 0 Å². The third-order valence-electron chi connectivity index (χ3n) is 6.26. The molecule has 7 nitrogen and oxygen atoms in total. The first kappa shape index (κ1) is 34.5. The minimum absolute atomic E-state index is 0.0600. The molecule has 0 saturated heterocycles. The lowest BCUT2D eigenvalue weighted by atomic mass is 10.0. The third-order valence-corrected chi connectivity index (χ3v) is 8.47. The van der Waals surface area contributed by atoms with E-state index < -0.39 is 56.9 Å². The molecule has 1 N–H and O–H groups in total. The standard InChI is InChI=1S/C29H29Cl3F3N3O4S/c1-18(2)36-28(40)26(14-19-7-5-4-6-8-19)37(16-20-9-11-24(31)25(32)13-20)27(39)17-38(43(3,41)42)21-10-12-23(30)22(15-21)29(33,34)35/h4-13,15,18,26H,14,16-17H2,1-3H3,(H,36,40)/t26-/m0/s1. The van der Waals surface area contributed by atoms with E-state index in [1.165, 1.54) is 17.0 Å². The monoisotopic (exact) mass is 677 g/mol. The number of carbonyl (C=O) groups excluding carboxylic acids is 2. The van der Waals surface area contributed by atoms with Crippen molar-refractivity contribution in [3.8, 4) is 0 Å². The number of alkyl halides is 3. The smallest absolute Gasteiger partial charge is 0.352 e. The summed E-state index contributed by atoms with van der Waals surface area (Å²) in [5.41, 5.74) is -0.493. The van der Waals surface area contributed by atoms with Crippen LogP contribution in [0.1, 0.15) is 30.5 Å². The van der Waals surface area contributed by atoms with Gasteiger partial charge in [0.2, 0.25) is 21.8 Å². The highest BCUT2D eigenvalue weighted by molar-refractivity contribution is 7.92. The number of nitrogens with zero attached hydrogens (tertiary/aromatic N) is 2. The van der Waals surface area contributed by atoms with Crippen LogP contribution in [0.4, 0.5) is 18.9 Å². The van der Waals surface area contributed by atoms with Crippen LogP contribution in [0.15, 0.2) is 66.7 Å². The number of hydrogen-bond acceptors (Lipinski definition) is 4. The molecule has 43 heavy (non-hydrogen) atoms. The summed E-state index contributed by atoms with van der Waals surface area (Å²) in [5, 5.41) is 2.61. The zero-order valence-electron chi connectivity index (χ0n) is 23.3.